The Morgan fingerprint density at radius 3 is 2.68 bits per heavy atom. The monoisotopic (exact) mass is 265 g/mol. The second kappa shape index (κ2) is 4.06. The molecule has 2 unspecified atom stereocenters. The van der Waals surface area contributed by atoms with Gasteiger partial charge in [0.15, 0.2) is 6.10 Å². The van der Waals surface area contributed by atoms with Gasteiger partial charge in [0.2, 0.25) is 5.69 Å². The zero-order chi connectivity index (χ0) is 13.7. The van der Waals surface area contributed by atoms with Crippen LogP contribution >= 0.6 is 0 Å². The molecule has 2 aliphatic rings. The second-order valence-electron chi connectivity index (χ2n) is 5.15. The first-order valence-corrected chi connectivity index (χ1v) is 6.29. The highest BCUT2D eigenvalue weighted by Gasteiger charge is 2.43. The van der Waals surface area contributed by atoms with Crippen molar-refractivity contribution in [2.75, 3.05) is 6.54 Å². The number of cyclic esters (lactones) is 1. The number of aromatic nitrogens is 1. The molecule has 3 rings (SSSR count). The number of ether oxygens (including phenoxy) is 1. The molecule has 7 heteroatoms. The number of carbonyl (C=O) groups excluding carboxylic acids is 1. The number of esters is 1. The Morgan fingerprint density at radius 1 is 1.42 bits per heavy atom. The number of fused-ring (bicyclic) bond motifs is 1. The van der Waals surface area contributed by atoms with Gasteiger partial charge in [-0.05, 0) is 18.8 Å². The van der Waals surface area contributed by atoms with E-state index in [1.54, 1.807) is 0 Å². The lowest BCUT2D eigenvalue weighted by Crippen LogP contribution is -2.37. The number of hydrogen-bond acceptors (Lipinski definition) is 5. The Bertz CT molecular complexity index is 532. The maximum absolute atomic E-state index is 11.8. The molecule has 0 bridgehead atoms. The van der Waals surface area contributed by atoms with Gasteiger partial charge in [0.1, 0.15) is 6.54 Å². The highest BCUT2D eigenvalue weighted by atomic mass is 16.6. The van der Waals surface area contributed by atoms with Gasteiger partial charge >= 0.3 is 11.8 Å². The minimum absolute atomic E-state index is 0.0523. The fourth-order valence-electron chi connectivity index (χ4n) is 2.68. The molecule has 0 N–H and O–H groups in total. The number of carbonyl (C=O) groups is 1. The zero-order valence-corrected chi connectivity index (χ0v) is 10.8. The van der Waals surface area contributed by atoms with Crippen LogP contribution in [0.25, 0.3) is 0 Å². The van der Waals surface area contributed by atoms with Gasteiger partial charge in [-0.3, -0.25) is 4.90 Å². The molecule has 102 valence electrons. The standard InChI is InChI=1S/C12H15N3O4/c1-7-8(2)13(7)5-9-6-14-10(12(16)19-9)3-4-11(14)15(17)18/h3-4,7-9H,5-6H2,1-2H3/t7-,8+,9?,13?. The summed E-state index contributed by atoms with van der Waals surface area (Å²) < 4.78 is 6.77. The summed E-state index contributed by atoms with van der Waals surface area (Å²) in [5, 5.41) is 10.9. The van der Waals surface area contributed by atoms with Gasteiger partial charge in [-0.2, -0.15) is 0 Å². The van der Waals surface area contributed by atoms with Crippen LogP contribution in [0.2, 0.25) is 0 Å². The molecule has 0 radical (unpaired) electrons. The molecule has 1 saturated heterocycles. The molecule has 1 fully saturated rings. The summed E-state index contributed by atoms with van der Waals surface area (Å²) in [6.07, 6.45) is -0.321. The Kier molecular flexibility index (Phi) is 2.60. The first-order valence-electron chi connectivity index (χ1n) is 6.29. The van der Waals surface area contributed by atoms with E-state index in [1.807, 2.05) is 0 Å². The molecule has 0 saturated carbocycles. The molecule has 0 amide bonds. The minimum Gasteiger partial charge on any atom is -0.451 e. The van der Waals surface area contributed by atoms with Crippen molar-refractivity contribution in [2.24, 2.45) is 0 Å². The van der Waals surface area contributed by atoms with Crippen LogP contribution in [0, 0.1) is 10.1 Å². The van der Waals surface area contributed by atoms with Crippen molar-refractivity contribution in [1.82, 2.24) is 9.47 Å². The maximum Gasteiger partial charge on any atom is 0.378 e. The largest absolute Gasteiger partial charge is 0.451 e. The summed E-state index contributed by atoms with van der Waals surface area (Å²) in [6.45, 7) is 5.20. The molecular weight excluding hydrogens is 250 g/mol. The number of nitrogens with zero attached hydrogens (tertiary/aromatic N) is 3. The number of rotatable bonds is 3. The summed E-state index contributed by atoms with van der Waals surface area (Å²) in [5.41, 5.74) is 0.259. The van der Waals surface area contributed by atoms with E-state index >= 15 is 0 Å². The molecular formula is C12H15N3O4. The van der Waals surface area contributed by atoms with Gasteiger partial charge < -0.3 is 14.9 Å². The third-order valence-electron chi connectivity index (χ3n) is 4.08. The van der Waals surface area contributed by atoms with Crippen LogP contribution in [-0.2, 0) is 11.3 Å². The highest BCUT2D eigenvalue weighted by Crippen LogP contribution is 2.30. The Balaban J connectivity index is 1.80. The maximum atomic E-state index is 11.8. The highest BCUT2D eigenvalue weighted by molar-refractivity contribution is 5.89. The fraction of sp³-hybridized carbons (Fsp3) is 0.583. The van der Waals surface area contributed by atoms with E-state index in [0.717, 1.165) is 0 Å². The molecule has 4 atom stereocenters. The van der Waals surface area contributed by atoms with Gasteiger partial charge in [0.25, 0.3) is 0 Å². The zero-order valence-electron chi connectivity index (χ0n) is 10.8. The van der Waals surface area contributed by atoms with Crippen molar-refractivity contribution in [1.29, 1.82) is 0 Å². The molecule has 1 aromatic heterocycles. The fourth-order valence-corrected chi connectivity index (χ4v) is 2.68. The molecule has 3 heterocycles. The molecule has 0 aromatic carbocycles. The van der Waals surface area contributed by atoms with E-state index in [9.17, 15) is 14.9 Å². The van der Waals surface area contributed by atoms with Gasteiger partial charge in [0, 0.05) is 30.8 Å². The van der Waals surface area contributed by atoms with Crippen molar-refractivity contribution in [2.45, 2.75) is 38.6 Å². The average molecular weight is 265 g/mol. The van der Waals surface area contributed by atoms with Crippen LogP contribution < -0.4 is 0 Å². The Hall–Kier alpha value is -1.89. The Morgan fingerprint density at radius 2 is 2.11 bits per heavy atom. The Labute approximate surface area is 109 Å². The van der Waals surface area contributed by atoms with Gasteiger partial charge in [-0.25, -0.2) is 9.36 Å². The van der Waals surface area contributed by atoms with Gasteiger partial charge in [-0.15, -0.1) is 0 Å². The lowest BCUT2D eigenvalue weighted by molar-refractivity contribution is -0.392. The first-order chi connectivity index (χ1) is 8.99. The van der Waals surface area contributed by atoms with E-state index in [0.29, 0.717) is 25.2 Å². The van der Waals surface area contributed by atoms with Crippen molar-refractivity contribution < 1.29 is 14.5 Å². The van der Waals surface area contributed by atoms with Crippen LogP contribution in [0.3, 0.4) is 0 Å². The van der Waals surface area contributed by atoms with Crippen LogP contribution in [-0.4, -0.2) is 45.1 Å². The minimum atomic E-state index is -0.480. The molecule has 0 aliphatic carbocycles. The third-order valence-corrected chi connectivity index (χ3v) is 4.08. The van der Waals surface area contributed by atoms with Crippen LogP contribution in [0.1, 0.15) is 24.3 Å². The molecule has 1 aromatic rings. The summed E-state index contributed by atoms with van der Waals surface area (Å²) in [4.78, 5) is 24.5. The quantitative estimate of drug-likeness (QED) is 0.353. The van der Waals surface area contributed by atoms with Crippen LogP contribution in [0.5, 0.6) is 0 Å². The topological polar surface area (TPSA) is 77.4 Å². The van der Waals surface area contributed by atoms with Crippen molar-refractivity contribution >= 4 is 11.8 Å². The smallest absolute Gasteiger partial charge is 0.378 e. The molecule has 0 spiro atoms. The average Bonchev–Trinajstić information content (AvgIpc) is 2.80. The molecule has 19 heavy (non-hydrogen) atoms. The lowest BCUT2D eigenvalue weighted by atomic mass is 10.2. The SMILES string of the molecule is C[C@@H]1[C@H](C)N1CC1Cn2c(ccc2[N+](=O)[O-])C(=O)O1. The predicted molar refractivity (Wildman–Crippen MR) is 65.9 cm³/mol. The summed E-state index contributed by atoms with van der Waals surface area (Å²) >= 11 is 0. The van der Waals surface area contributed by atoms with Gasteiger partial charge in [-0.1, -0.05) is 0 Å². The normalized spacial score (nSPS) is 32.6. The second-order valence-corrected chi connectivity index (χ2v) is 5.15. The number of nitro groups is 1. The van der Waals surface area contributed by atoms with Crippen molar-refractivity contribution in [3.05, 3.63) is 27.9 Å². The lowest BCUT2D eigenvalue weighted by Gasteiger charge is -2.22. The van der Waals surface area contributed by atoms with E-state index in [4.69, 9.17) is 4.74 Å². The summed E-state index contributed by atoms with van der Waals surface area (Å²) in [7, 11) is 0. The van der Waals surface area contributed by atoms with E-state index in [-0.39, 0.29) is 17.6 Å². The van der Waals surface area contributed by atoms with Crippen molar-refractivity contribution in [3.63, 3.8) is 0 Å². The summed E-state index contributed by atoms with van der Waals surface area (Å²) in [6, 6.07) is 3.76. The molecule has 2 aliphatic heterocycles. The van der Waals surface area contributed by atoms with Crippen LogP contribution in [0.4, 0.5) is 5.82 Å². The van der Waals surface area contributed by atoms with E-state index in [1.165, 1.54) is 16.7 Å². The van der Waals surface area contributed by atoms with Crippen LogP contribution in [0.15, 0.2) is 12.1 Å². The molecule has 7 nitrogen and oxygen atoms in total. The number of hydrogen-bond donors (Lipinski definition) is 0. The van der Waals surface area contributed by atoms with Gasteiger partial charge in [0.05, 0.1) is 0 Å². The summed E-state index contributed by atoms with van der Waals surface area (Å²) in [5.74, 6) is -0.532. The van der Waals surface area contributed by atoms with Crippen molar-refractivity contribution in [3.8, 4) is 0 Å². The van der Waals surface area contributed by atoms with E-state index in [2.05, 4.69) is 18.7 Å². The first kappa shape index (κ1) is 12.2. The third kappa shape index (κ3) is 1.90. The van der Waals surface area contributed by atoms with E-state index < -0.39 is 10.9 Å². The predicted octanol–water partition coefficient (Wildman–Crippen LogP) is 1.03.